The van der Waals surface area contributed by atoms with Gasteiger partial charge in [-0.3, -0.25) is 9.52 Å². The number of halogens is 3. The summed E-state index contributed by atoms with van der Waals surface area (Å²) in [5.74, 6) is -3.00. The van der Waals surface area contributed by atoms with E-state index in [9.17, 15) is 27.3 Å². The summed E-state index contributed by atoms with van der Waals surface area (Å²) in [7, 11) is -3.54. The lowest BCUT2D eigenvalue weighted by molar-refractivity contribution is -0.0262. The Morgan fingerprint density at radius 3 is 2.51 bits per heavy atom. The van der Waals surface area contributed by atoms with Crippen LogP contribution in [0, 0.1) is 18.3 Å². The van der Waals surface area contributed by atoms with Crippen molar-refractivity contribution < 1.29 is 22.0 Å². The molecule has 0 aliphatic carbocycles. The summed E-state index contributed by atoms with van der Waals surface area (Å²) in [6.45, 7) is 0.852. The Bertz CT molecular complexity index is 1470. The Kier molecular flexibility index (Phi) is 6.16. The first kappa shape index (κ1) is 24.4. The van der Waals surface area contributed by atoms with Crippen LogP contribution in [0.2, 0.25) is 5.02 Å². The number of anilines is 3. The first-order valence-electron chi connectivity index (χ1n) is 10.2. The number of hydrogen-bond acceptors (Lipinski definition) is 6. The van der Waals surface area contributed by atoms with Gasteiger partial charge in [-0.25, -0.2) is 22.2 Å². The molecule has 3 heterocycles. The summed E-state index contributed by atoms with van der Waals surface area (Å²) in [5.41, 5.74) is 1.89. The quantitative estimate of drug-likeness (QED) is 0.510. The second-order valence-electron chi connectivity index (χ2n) is 8.19. The van der Waals surface area contributed by atoms with Crippen LogP contribution in [0.3, 0.4) is 0 Å². The number of amides is 1. The van der Waals surface area contributed by atoms with Gasteiger partial charge in [0.2, 0.25) is 10.0 Å². The zero-order valence-electron chi connectivity index (χ0n) is 18.5. The molecule has 2 aromatic heterocycles. The smallest absolute Gasteiger partial charge is 0.282 e. The molecule has 1 amide bonds. The predicted octanol–water partition coefficient (Wildman–Crippen LogP) is 3.78. The minimum absolute atomic E-state index is 0.162. The van der Waals surface area contributed by atoms with Crippen LogP contribution >= 0.6 is 11.6 Å². The van der Waals surface area contributed by atoms with Crippen molar-refractivity contribution in [3.63, 3.8) is 0 Å². The van der Waals surface area contributed by atoms with E-state index in [0.29, 0.717) is 11.4 Å². The van der Waals surface area contributed by atoms with Crippen molar-refractivity contribution >= 4 is 44.6 Å². The number of pyridine rings is 1. The summed E-state index contributed by atoms with van der Waals surface area (Å²) >= 11 is 6.04. The van der Waals surface area contributed by atoms with Crippen LogP contribution in [-0.2, 0) is 10.0 Å². The SMILES string of the molecule is Cc1cc(C(=O)Nc2cc(Cl)cc(NS(C)(=O)=O)c2)cn1-c1ncc(N2CC(F)(F)C2)cc1C#N. The molecule has 1 aliphatic heterocycles. The molecule has 1 aliphatic rings. The standard InChI is InChI=1S/C22H19ClF2N6O3S/c1-13-3-15(21(32)28-17-5-16(23)6-18(7-17)29-35(2,33)34)10-31(13)20-14(8-26)4-19(9-27-20)30-11-22(24,25)12-30/h3-7,9-10,29H,11-12H2,1-2H3,(H,28,32). The fourth-order valence-electron chi connectivity index (χ4n) is 3.65. The highest BCUT2D eigenvalue weighted by Crippen LogP contribution is 2.32. The molecule has 2 N–H and O–H groups in total. The summed E-state index contributed by atoms with van der Waals surface area (Å²) in [5, 5.41) is 12.5. The topological polar surface area (TPSA) is 120 Å². The van der Waals surface area contributed by atoms with E-state index in [1.54, 1.807) is 17.6 Å². The minimum atomic E-state index is -3.54. The average Bonchev–Trinajstić information content (AvgIpc) is 3.11. The first-order chi connectivity index (χ1) is 16.3. The Hall–Kier alpha value is -3.69. The van der Waals surface area contributed by atoms with Gasteiger partial charge in [0.25, 0.3) is 11.8 Å². The normalized spacial score (nSPS) is 14.7. The van der Waals surface area contributed by atoms with Crippen molar-refractivity contribution in [2.24, 2.45) is 0 Å². The number of sulfonamides is 1. The molecule has 1 fully saturated rings. The van der Waals surface area contributed by atoms with E-state index in [4.69, 9.17) is 11.6 Å². The number of rotatable bonds is 6. The van der Waals surface area contributed by atoms with Gasteiger partial charge < -0.3 is 14.8 Å². The molecule has 182 valence electrons. The van der Waals surface area contributed by atoms with E-state index in [1.165, 1.54) is 41.6 Å². The Labute approximate surface area is 205 Å². The number of nitrogens with zero attached hydrogens (tertiary/aromatic N) is 4. The van der Waals surface area contributed by atoms with Gasteiger partial charge in [-0.1, -0.05) is 11.6 Å². The highest BCUT2D eigenvalue weighted by molar-refractivity contribution is 7.92. The number of carbonyl (C=O) groups is 1. The molecule has 1 saturated heterocycles. The van der Waals surface area contributed by atoms with Crippen molar-refractivity contribution in [3.05, 3.63) is 64.6 Å². The number of benzene rings is 1. The maximum absolute atomic E-state index is 13.2. The van der Waals surface area contributed by atoms with Crippen LogP contribution in [-0.4, -0.2) is 49.1 Å². The van der Waals surface area contributed by atoms with Crippen molar-refractivity contribution in [1.82, 2.24) is 9.55 Å². The van der Waals surface area contributed by atoms with E-state index in [1.807, 2.05) is 6.07 Å². The van der Waals surface area contributed by atoms with Gasteiger partial charge >= 0.3 is 0 Å². The molecule has 0 unspecified atom stereocenters. The fraction of sp³-hybridized carbons (Fsp3) is 0.227. The maximum atomic E-state index is 13.2. The second-order valence-corrected chi connectivity index (χ2v) is 10.4. The van der Waals surface area contributed by atoms with Crippen molar-refractivity contribution in [3.8, 4) is 11.9 Å². The van der Waals surface area contributed by atoms with E-state index in [2.05, 4.69) is 15.0 Å². The number of aryl methyl sites for hydroxylation is 1. The molecular weight excluding hydrogens is 502 g/mol. The molecule has 0 spiro atoms. The Balaban J connectivity index is 1.57. The number of nitrogens with one attached hydrogen (secondary N) is 2. The molecular formula is C22H19ClF2N6O3S. The molecule has 35 heavy (non-hydrogen) atoms. The van der Waals surface area contributed by atoms with E-state index >= 15 is 0 Å². The van der Waals surface area contributed by atoms with E-state index < -0.39 is 34.9 Å². The van der Waals surface area contributed by atoms with Crippen molar-refractivity contribution in [1.29, 1.82) is 5.26 Å². The van der Waals surface area contributed by atoms with Gasteiger partial charge in [0.05, 0.1) is 48.0 Å². The van der Waals surface area contributed by atoms with Crippen LogP contribution in [0.4, 0.5) is 25.8 Å². The fourth-order valence-corrected chi connectivity index (χ4v) is 4.43. The number of alkyl halides is 2. The zero-order chi connectivity index (χ0) is 25.5. The van der Waals surface area contributed by atoms with Crippen LogP contribution in [0.15, 0.2) is 42.7 Å². The maximum Gasteiger partial charge on any atom is 0.282 e. The van der Waals surface area contributed by atoms with Crippen LogP contribution in [0.5, 0.6) is 0 Å². The summed E-state index contributed by atoms with van der Waals surface area (Å²) in [6, 6.07) is 9.38. The van der Waals surface area contributed by atoms with Crippen LogP contribution in [0.1, 0.15) is 21.6 Å². The van der Waals surface area contributed by atoms with Crippen molar-refractivity contribution in [2.75, 3.05) is 34.3 Å². The largest absolute Gasteiger partial charge is 0.358 e. The predicted molar refractivity (Wildman–Crippen MR) is 128 cm³/mol. The van der Waals surface area contributed by atoms with Crippen LogP contribution in [0.25, 0.3) is 5.82 Å². The van der Waals surface area contributed by atoms with Gasteiger partial charge in [0, 0.05) is 22.6 Å². The molecule has 0 saturated carbocycles. The lowest BCUT2D eigenvalue weighted by atomic mass is 10.1. The first-order valence-corrected chi connectivity index (χ1v) is 12.4. The monoisotopic (exact) mass is 520 g/mol. The molecule has 13 heteroatoms. The molecule has 1 aromatic carbocycles. The number of nitriles is 1. The third kappa shape index (κ3) is 5.52. The molecule has 0 atom stereocenters. The third-order valence-corrected chi connectivity index (χ3v) is 5.97. The Morgan fingerprint density at radius 2 is 1.89 bits per heavy atom. The minimum Gasteiger partial charge on any atom is -0.358 e. The van der Waals surface area contributed by atoms with Gasteiger partial charge in [-0.05, 0) is 37.3 Å². The zero-order valence-corrected chi connectivity index (χ0v) is 20.1. The van der Waals surface area contributed by atoms with E-state index in [0.717, 1.165) is 6.26 Å². The summed E-state index contributed by atoms with van der Waals surface area (Å²) in [4.78, 5) is 18.6. The summed E-state index contributed by atoms with van der Waals surface area (Å²) < 4.78 is 53.2. The second kappa shape index (κ2) is 8.83. The number of carbonyl (C=O) groups excluding carboxylic acids is 1. The average molecular weight is 521 g/mol. The molecule has 4 rings (SSSR count). The molecule has 0 bridgehead atoms. The van der Waals surface area contributed by atoms with Crippen molar-refractivity contribution in [2.45, 2.75) is 12.8 Å². The van der Waals surface area contributed by atoms with Gasteiger partial charge in [0.1, 0.15) is 6.07 Å². The highest BCUT2D eigenvalue weighted by atomic mass is 35.5. The van der Waals surface area contributed by atoms with E-state index in [-0.39, 0.29) is 33.3 Å². The van der Waals surface area contributed by atoms with Gasteiger partial charge in [0.15, 0.2) is 5.82 Å². The summed E-state index contributed by atoms with van der Waals surface area (Å²) in [6.07, 6.45) is 3.89. The number of hydrogen-bond donors (Lipinski definition) is 2. The van der Waals surface area contributed by atoms with Gasteiger partial charge in [-0.2, -0.15) is 5.26 Å². The van der Waals surface area contributed by atoms with Gasteiger partial charge in [-0.15, -0.1) is 0 Å². The lowest BCUT2D eigenvalue weighted by Gasteiger charge is -2.40. The molecule has 9 nitrogen and oxygen atoms in total. The Morgan fingerprint density at radius 1 is 1.20 bits per heavy atom. The van der Waals surface area contributed by atoms with Crippen LogP contribution < -0.4 is 14.9 Å². The number of aromatic nitrogens is 2. The molecule has 0 radical (unpaired) electrons. The highest BCUT2D eigenvalue weighted by Gasteiger charge is 2.44. The molecule has 3 aromatic rings. The third-order valence-electron chi connectivity index (χ3n) is 5.14. The lowest BCUT2D eigenvalue weighted by Crippen LogP contribution is -2.56.